The lowest BCUT2D eigenvalue weighted by atomic mass is 9.92. The molecule has 5 heteroatoms. The summed E-state index contributed by atoms with van der Waals surface area (Å²) >= 11 is 0. The molecule has 0 aromatic carbocycles. The molecule has 0 aromatic rings. The predicted molar refractivity (Wildman–Crippen MR) is 74.0 cm³/mol. The van der Waals surface area contributed by atoms with Crippen LogP contribution in [-0.4, -0.2) is 52.6 Å². The van der Waals surface area contributed by atoms with Crippen LogP contribution in [0.4, 0.5) is 4.79 Å². The van der Waals surface area contributed by atoms with Crippen LogP contribution in [0.15, 0.2) is 0 Å². The Morgan fingerprint density at radius 2 is 1.79 bits per heavy atom. The van der Waals surface area contributed by atoms with E-state index in [9.17, 15) is 9.59 Å². The van der Waals surface area contributed by atoms with Crippen molar-refractivity contribution in [2.75, 3.05) is 19.6 Å². The number of carboxylic acid groups (broad SMARTS) is 1. The molecule has 1 N–H and O–H groups in total. The van der Waals surface area contributed by atoms with Crippen molar-refractivity contribution in [2.24, 2.45) is 11.8 Å². The second-order valence-corrected chi connectivity index (χ2v) is 6.06. The van der Waals surface area contributed by atoms with Crippen molar-refractivity contribution in [3.63, 3.8) is 0 Å². The van der Waals surface area contributed by atoms with Gasteiger partial charge in [0.15, 0.2) is 0 Å². The van der Waals surface area contributed by atoms with Crippen molar-refractivity contribution in [1.82, 2.24) is 9.80 Å². The van der Waals surface area contributed by atoms with E-state index in [0.717, 1.165) is 19.5 Å². The number of rotatable bonds is 4. The van der Waals surface area contributed by atoms with Gasteiger partial charge in [0, 0.05) is 25.7 Å². The van der Waals surface area contributed by atoms with Crippen LogP contribution >= 0.6 is 0 Å². The molecule has 0 radical (unpaired) electrons. The highest BCUT2D eigenvalue weighted by molar-refractivity contribution is 5.76. The number of piperidine rings is 1. The van der Waals surface area contributed by atoms with Gasteiger partial charge in [-0.2, -0.15) is 0 Å². The summed E-state index contributed by atoms with van der Waals surface area (Å²) in [5, 5.41) is 8.77. The Balaban J connectivity index is 2.67. The summed E-state index contributed by atoms with van der Waals surface area (Å²) in [6.07, 6.45) is 1.16. The van der Waals surface area contributed by atoms with E-state index in [1.807, 2.05) is 18.7 Å². The number of hydrogen-bond acceptors (Lipinski definition) is 2. The van der Waals surface area contributed by atoms with E-state index < -0.39 is 5.97 Å². The van der Waals surface area contributed by atoms with E-state index in [4.69, 9.17) is 5.11 Å². The third-order valence-corrected chi connectivity index (χ3v) is 3.57. The maximum atomic E-state index is 12.5. The number of carbonyl (C=O) groups excluding carboxylic acids is 1. The molecule has 19 heavy (non-hydrogen) atoms. The Bertz CT molecular complexity index is 321. The SMILES string of the molecule is CC1CC(C)CN(C(=O)N(CCC(=O)O)C(C)C)C1. The van der Waals surface area contributed by atoms with E-state index in [-0.39, 0.29) is 25.0 Å². The molecule has 0 bridgehead atoms. The highest BCUT2D eigenvalue weighted by atomic mass is 16.4. The number of amides is 2. The summed E-state index contributed by atoms with van der Waals surface area (Å²) < 4.78 is 0. The van der Waals surface area contributed by atoms with Gasteiger partial charge in [0.05, 0.1) is 6.42 Å². The van der Waals surface area contributed by atoms with Gasteiger partial charge in [-0.3, -0.25) is 4.79 Å². The van der Waals surface area contributed by atoms with E-state index in [1.165, 1.54) is 0 Å². The number of aliphatic carboxylic acids is 1. The minimum Gasteiger partial charge on any atom is -0.481 e. The van der Waals surface area contributed by atoms with Crippen molar-refractivity contribution >= 4 is 12.0 Å². The van der Waals surface area contributed by atoms with Crippen molar-refractivity contribution in [3.05, 3.63) is 0 Å². The number of likely N-dealkylation sites (tertiary alicyclic amines) is 1. The first-order valence-electron chi connectivity index (χ1n) is 7.08. The zero-order valence-corrected chi connectivity index (χ0v) is 12.4. The molecule has 1 rings (SSSR count). The minimum absolute atomic E-state index is 0.00284. The van der Waals surface area contributed by atoms with Crippen molar-refractivity contribution in [1.29, 1.82) is 0 Å². The number of nitrogens with zero attached hydrogens (tertiary/aromatic N) is 2. The van der Waals surface area contributed by atoms with Crippen molar-refractivity contribution < 1.29 is 14.7 Å². The monoisotopic (exact) mass is 270 g/mol. The number of hydrogen-bond donors (Lipinski definition) is 1. The molecule has 0 spiro atoms. The molecule has 0 saturated carbocycles. The van der Waals surface area contributed by atoms with E-state index in [1.54, 1.807) is 4.90 Å². The van der Waals surface area contributed by atoms with E-state index >= 15 is 0 Å². The third kappa shape index (κ3) is 4.73. The van der Waals surface area contributed by atoms with Gasteiger partial charge in [-0.15, -0.1) is 0 Å². The molecule has 5 nitrogen and oxygen atoms in total. The molecule has 1 aliphatic heterocycles. The molecule has 1 fully saturated rings. The van der Waals surface area contributed by atoms with Crippen LogP contribution in [0, 0.1) is 11.8 Å². The third-order valence-electron chi connectivity index (χ3n) is 3.57. The van der Waals surface area contributed by atoms with Gasteiger partial charge in [-0.25, -0.2) is 4.79 Å². The van der Waals surface area contributed by atoms with Gasteiger partial charge >= 0.3 is 12.0 Å². The summed E-state index contributed by atoms with van der Waals surface area (Å²) in [7, 11) is 0. The highest BCUT2D eigenvalue weighted by Gasteiger charge is 2.29. The molecule has 1 aliphatic rings. The van der Waals surface area contributed by atoms with Crippen LogP contribution in [0.25, 0.3) is 0 Å². The zero-order chi connectivity index (χ0) is 14.6. The van der Waals surface area contributed by atoms with Gasteiger partial charge in [0.25, 0.3) is 0 Å². The van der Waals surface area contributed by atoms with Crippen LogP contribution in [-0.2, 0) is 4.79 Å². The average molecular weight is 270 g/mol. The molecule has 110 valence electrons. The van der Waals surface area contributed by atoms with Gasteiger partial charge in [-0.1, -0.05) is 13.8 Å². The second-order valence-electron chi connectivity index (χ2n) is 6.06. The van der Waals surface area contributed by atoms with E-state index in [2.05, 4.69) is 13.8 Å². The lowest BCUT2D eigenvalue weighted by Gasteiger charge is -2.39. The fourth-order valence-corrected chi connectivity index (χ4v) is 2.79. The Labute approximate surface area is 115 Å². The minimum atomic E-state index is -0.862. The number of urea groups is 1. The number of carbonyl (C=O) groups is 2. The van der Waals surface area contributed by atoms with Gasteiger partial charge in [0.2, 0.25) is 0 Å². The molecule has 1 heterocycles. The molecule has 2 unspecified atom stereocenters. The lowest BCUT2D eigenvalue weighted by molar-refractivity contribution is -0.137. The topological polar surface area (TPSA) is 60.9 Å². The quantitative estimate of drug-likeness (QED) is 0.852. The largest absolute Gasteiger partial charge is 0.481 e. The van der Waals surface area contributed by atoms with Crippen LogP contribution in [0.2, 0.25) is 0 Å². The lowest BCUT2D eigenvalue weighted by Crippen LogP contribution is -2.51. The second kappa shape index (κ2) is 6.78. The Morgan fingerprint density at radius 3 is 2.21 bits per heavy atom. The molecule has 1 saturated heterocycles. The summed E-state index contributed by atoms with van der Waals surface area (Å²) in [5.41, 5.74) is 0. The van der Waals surface area contributed by atoms with Crippen LogP contribution in [0.1, 0.15) is 40.5 Å². The van der Waals surface area contributed by atoms with Crippen molar-refractivity contribution in [2.45, 2.75) is 46.6 Å². The molecule has 0 aliphatic carbocycles. The first-order chi connectivity index (χ1) is 8.81. The molecule has 0 aromatic heterocycles. The summed E-state index contributed by atoms with van der Waals surface area (Å²) in [6, 6.07) is 0.00837. The van der Waals surface area contributed by atoms with Crippen LogP contribution < -0.4 is 0 Å². The smallest absolute Gasteiger partial charge is 0.320 e. The molecule has 2 amide bonds. The zero-order valence-electron chi connectivity index (χ0n) is 12.4. The van der Waals surface area contributed by atoms with Crippen LogP contribution in [0.3, 0.4) is 0 Å². The first kappa shape index (κ1) is 15.8. The van der Waals surface area contributed by atoms with Gasteiger partial charge in [0.1, 0.15) is 0 Å². The molecule has 2 atom stereocenters. The molecular weight excluding hydrogens is 244 g/mol. The summed E-state index contributed by atoms with van der Waals surface area (Å²) in [4.78, 5) is 26.7. The highest BCUT2D eigenvalue weighted by Crippen LogP contribution is 2.22. The Kier molecular flexibility index (Phi) is 5.63. The summed E-state index contributed by atoms with van der Waals surface area (Å²) in [5.74, 6) is 0.168. The maximum Gasteiger partial charge on any atom is 0.320 e. The van der Waals surface area contributed by atoms with Gasteiger partial charge < -0.3 is 14.9 Å². The van der Waals surface area contributed by atoms with Crippen LogP contribution in [0.5, 0.6) is 0 Å². The standard InChI is InChI=1S/C14H26N2O3/c1-10(2)16(6-5-13(17)18)14(19)15-8-11(3)7-12(4)9-15/h10-12H,5-9H2,1-4H3,(H,17,18). The number of carboxylic acids is 1. The Hall–Kier alpha value is -1.26. The summed E-state index contributed by atoms with van der Waals surface area (Å²) in [6.45, 7) is 10.0. The fourth-order valence-electron chi connectivity index (χ4n) is 2.79. The molecular formula is C14H26N2O3. The normalized spacial score (nSPS) is 23.5. The first-order valence-corrected chi connectivity index (χ1v) is 7.08. The predicted octanol–water partition coefficient (Wildman–Crippen LogP) is 2.27. The fraction of sp³-hybridized carbons (Fsp3) is 0.857. The average Bonchev–Trinajstić information content (AvgIpc) is 2.26. The van der Waals surface area contributed by atoms with Crippen molar-refractivity contribution in [3.8, 4) is 0 Å². The Morgan fingerprint density at radius 1 is 1.26 bits per heavy atom. The van der Waals surface area contributed by atoms with Gasteiger partial charge in [-0.05, 0) is 32.1 Å². The van der Waals surface area contributed by atoms with E-state index in [0.29, 0.717) is 11.8 Å². The maximum absolute atomic E-state index is 12.5.